The van der Waals surface area contributed by atoms with Gasteiger partial charge in [-0.15, -0.1) is 0 Å². The highest BCUT2D eigenvalue weighted by molar-refractivity contribution is 5.81. The van der Waals surface area contributed by atoms with Crippen LogP contribution in [0.3, 0.4) is 0 Å². The average Bonchev–Trinajstić information content (AvgIpc) is 3.15. The van der Waals surface area contributed by atoms with Gasteiger partial charge in [0.25, 0.3) is 0 Å². The highest BCUT2D eigenvalue weighted by atomic mass is 19.4. The normalized spacial score (nSPS) is 23.0. The number of alkyl halides is 3. The molecule has 2 fully saturated rings. The molecule has 3 heterocycles. The number of hydrogen-bond acceptors (Lipinski definition) is 5. The minimum atomic E-state index is -5.08. The maximum absolute atomic E-state index is 12.2. The molecule has 1 aromatic carbocycles. The Hall–Kier alpha value is -2.72. The summed E-state index contributed by atoms with van der Waals surface area (Å²) in [6.07, 6.45) is -2.43. The molecule has 3 atom stereocenters. The summed E-state index contributed by atoms with van der Waals surface area (Å²) >= 11 is 0. The lowest BCUT2D eigenvalue weighted by molar-refractivity contribution is -0.192. The Bertz CT molecular complexity index is 983. The molecule has 0 unspecified atom stereocenters. The van der Waals surface area contributed by atoms with Crippen molar-refractivity contribution in [3.05, 3.63) is 42.1 Å². The first-order valence-electron chi connectivity index (χ1n) is 10.9. The Kier molecular flexibility index (Phi) is 7.91. The third kappa shape index (κ3) is 6.64. The molecule has 0 bridgehead atoms. The molecule has 180 valence electrons. The Morgan fingerprint density at radius 1 is 1.18 bits per heavy atom. The first-order chi connectivity index (χ1) is 15.5. The number of ether oxygens (including phenoxy) is 1. The molecule has 0 saturated carbocycles. The summed E-state index contributed by atoms with van der Waals surface area (Å²) in [5.74, 6) is -2.72. The molecule has 0 aliphatic carbocycles. The number of fused-ring (bicyclic) bond motifs is 2. The smallest absolute Gasteiger partial charge is 0.475 e. The van der Waals surface area contributed by atoms with E-state index in [0.717, 1.165) is 43.6 Å². The number of nitrogens with one attached hydrogen (secondary N) is 1. The number of nitrogens with zero attached hydrogens (tertiary/aromatic N) is 2. The van der Waals surface area contributed by atoms with Gasteiger partial charge in [-0.25, -0.2) is 4.79 Å². The minimum absolute atomic E-state index is 0.0353. The molecule has 2 N–H and O–H groups in total. The van der Waals surface area contributed by atoms with Crippen LogP contribution in [0.5, 0.6) is 0 Å². The lowest BCUT2D eigenvalue weighted by Gasteiger charge is -2.35. The number of carboxylic acids is 1. The molecular formula is C23H28F3N3O4. The Morgan fingerprint density at radius 3 is 2.55 bits per heavy atom. The van der Waals surface area contributed by atoms with Crippen molar-refractivity contribution in [3.63, 3.8) is 0 Å². The van der Waals surface area contributed by atoms with Gasteiger partial charge in [0, 0.05) is 30.6 Å². The van der Waals surface area contributed by atoms with E-state index in [1.54, 1.807) is 0 Å². The van der Waals surface area contributed by atoms with Crippen LogP contribution in [0, 0.1) is 0 Å². The molecule has 2 aromatic rings. The molecule has 4 rings (SSSR count). The molecule has 10 heteroatoms. The molecule has 1 amide bonds. The number of para-hydroxylation sites is 1. The van der Waals surface area contributed by atoms with Crippen LogP contribution in [0.2, 0.25) is 0 Å². The number of carboxylic acid groups (broad SMARTS) is 1. The van der Waals surface area contributed by atoms with Gasteiger partial charge in [-0.1, -0.05) is 24.3 Å². The standard InChI is InChI=1S/C21H27N3O2.C2HF3O2/c1-14(2)22-21(25)20-10-9-18-19(26-20)11-12-24(18)13-16-8-7-15-5-3-4-6-17(15)23-16;3-2(4,5)1(6)7/h3-8,14,18-20H,9-13H2,1-2H3,(H,22,25);(H,6,7)/t18-,19-,20+;/m1./s1. The second-order valence-corrected chi connectivity index (χ2v) is 8.53. The van der Waals surface area contributed by atoms with Crippen molar-refractivity contribution in [1.82, 2.24) is 15.2 Å². The van der Waals surface area contributed by atoms with Crippen molar-refractivity contribution < 1.29 is 32.6 Å². The lowest BCUT2D eigenvalue weighted by atomic mass is 9.98. The van der Waals surface area contributed by atoms with E-state index in [4.69, 9.17) is 19.6 Å². The fraction of sp³-hybridized carbons (Fsp3) is 0.522. The maximum atomic E-state index is 12.2. The van der Waals surface area contributed by atoms with Crippen LogP contribution in [0.15, 0.2) is 36.4 Å². The number of likely N-dealkylation sites (tertiary alicyclic amines) is 1. The maximum Gasteiger partial charge on any atom is 0.490 e. The van der Waals surface area contributed by atoms with Gasteiger partial charge in [-0.3, -0.25) is 14.7 Å². The van der Waals surface area contributed by atoms with E-state index in [2.05, 4.69) is 34.5 Å². The lowest BCUT2D eigenvalue weighted by Crippen LogP contribution is -2.48. The summed E-state index contributed by atoms with van der Waals surface area (Å²) in [6.45, 7) is 5.81. The largest absolute Gasteiger partial charge is 0.490 e. The van der Waals surface area contributed by atoms with Gasteiger partial charge in [0.15, 0.2) is 0 Å². The van der Waals surface area contributed by atoms with Crippen LogP contribution >= 0.6 is 0 Å². The Balaban J connectivity index is 0.000000383. The van der Waals surface area contributed by atoms with Crippen LogP contribution in [-0.2, 0) is 20.9 Å². The average molecular weight is 467 g/mol. The Labute approximate surface area is 189 Å². The third-order valence-electron chi connectivity index (χ3n) is 5.65. The van der Waals surface area contributed by atoms with E-state index in [1.807, 2.05) is 26.0 Å². The van der Waals surface area contributed by atoms with Crippen LogP contribution in [0.4, 0.5) is 13.2 Å². The van der Waals surface area contributed by atoms with E-state index < -0.39 is 12.1 Å². The van der Waals surface area contributed by atoms with E-state index in [0.29, 0.717) is 6.04 Å². The van der Waals surface area contributed by atoms with E-state index in [1.165, 1.54) is 5.39 Å². The highest BCUT2D eigenvalue weighted by Gasteiger charge is 2.41. The number of aromatic nitrogens is 1. The van der Waals surface area contributed by atoms with Gasteiger partial charge in [0.1, 0.15) is 6.10 Å². The second-order valence-electron chi connectivity index (χ2n) is 8.53. The van der Waals surface area contributed by atoms with Crippen LogP contribution < -0.4 is 5.32 Å². The van der Waals surface area contributed by atoms with E-state index in [9.17, 15) is 18.0 Å². The Morgan fingerprint density at radius 2 is 1.88 bits per heavy atom. The number of halogens is 3. The topological polar surface area (TPSA) is 91.8 Å². The predicted octanol–water partition coefficient (Wildman–Crippen LogP) is 3.51. The number of hydrogen-bond donors (Lipinski definition) is 2. The molecule has 33 heavy (non-hydrogen) atoms. The number of aliphatic carboxylic acids is 1. The SMILES string of the molecule is CC(C)NC(=O)[C@@H]1CC[C@@H]2[C@@H](CCN2Cc2ccc3ccccc3n2)O1.O=C(O)C(F)(F)F. The van der Waals surface area contributed by atoms with Gasteiger partial charge in [-0.05, 0) is 45.2 Å². The second kappa shape index (κ2) is 10.5. The van der Waals surface area contributed by atoms with Crippen LogP contribution in [0.1, 0.15) is 38.8 Å². The van der Waals surface area contributed by atoms with E-state index in [-0.39, 0.29) is 24.2 Å². The van der Waals surface area contributed by atoms with Gasteiger partial charge in [-0.2, -0.15) is 13.2 Å². The molecule has 7 nitrogen and oxygen atoms in total. The van der Waals surface area contributed by atoms with Crippen LogP contribution in [0.25, 0.3) is 10.9 Å². The summed E-state index contributed by atoms with van der Waals surface area (Å²) in [6, 6.07) is 13.0. The molecule has 0 spiro atoms. The van der Waals surface area contributed by atoms with Gasteiger partial charge in [0.2, 0.25) is 5.91 Å². The molecular weight excluding hydrogens is 439 g/mol. The van der Waals surface area contributed by atoms with Crippen molar-refractivity contribution >= 4 is 22.8 Å². The fourth-order valence-corrected chi connectivity index (χ4v) is 4.19. The molecule has 0 radical (unpaired) electrons. The zero-order valence-electron chi connectivity index (χ0n) is 18.5. The van der Waals surface area contributed by atoms with Gasteiger partial charge >= 0.3 is 12.1 Å². The van der Waals surface area contributed by atoms with Crippen molar-refractivity contribution in [3.8, 4) is 0 Å². The number of carbonyl (C=O) groups is 2. The summed E-state index contributed by atoms with van der Waals surface area (Å²) in [5, 5.41) is 11.3. The van der Waals surface area contributed by atoms with Crippen molar-refractivity contribution in [2.75, 3.05) is 6.54 Å². The summed E-state index contributed by atoms with van der Waals surface area (Å²) < 4.78 is 37.9. The zero-order valence-corrected chi connectivity index (χ0v) is 18.5. The first-order valence-corrected chi connectivity index (χ1v) is 10.9. The molecule has 2 saturated heterocycles. The number of carbonyl (C=O) groups excluding carboxylic acids is 1. The monoisotopic (exact) mass is 467 g/mol. The summed E-state index contributed by atoms with van der Waals surface area (Å²) in [7, 11) is 0. The minimum Gasteiger partial charge on any atom is -0.475 e. The number of benzene rings is 1. The quantitative estimate of drug-likeness (QED) is 0.715. The van der Waals surface area contributed by atoms with Crippen molar-refractivity contribution in [2.24, 2.45) is 0 Å². The number of amides is 1. The van der Waals surface area contributed by atoms with E-state index >= 15 is 0 Å². The summed E-state index contributed by atoms with van der Waals surface area (Å²) in [5.41, 5.74) is 2.15. The van der Waals surface area contributed by atoms with Crippen LogP contribution in [-0.4, -0.2) is 63.9 Å². The summed E-state index contributed by atoms with van der Waals surface area (Å²) in [4.78, 5) is 28.4. The predicted molar refractivity (Wildman–Crippen MR) is 115 cm³/mol. The third-order valence-corrected chi connectivity index (χ3v) is 5.65. The number of rotatable bonds is 4. The molecule has 1 aromatic heterocycles. The van der Waals surface area contributed by atoms with Gasteiger partial charge < -0.3 is 15.2 Å². The first kappa shape index (κ1) is 24.9. The molecule has 2 aliphatic heterocycles. The van der Waals surface area contributed by atoms with Crippen molar-refractivity contribution in [1.29, 1.82) is 0 Å². The molecule has 2 aliphatic rings. The zero-order chi connectivity index (χ0) is 24.2. The highest BCUT2D eigenvalue weighted by Crippen LogP contribution is 2.32. The van der Waals surface area contributed by atoms with Crippen molar-refractivity contribution in [2.45, 2.75) is 70.1 Å². The fourth-order valence-electron chi connectivity index (χ4n) is 4.19. The number of pyridine rings is 1. The van der Waals surface area contributed by atoms with Gasteiger partial charge in [0.05, 0.1) is 17.3 Å².